The van der Waals surface area contributed by atoms with Crippen molar-refractivity contribution in [3.05, 3.63) is 69.5 Å². The second-order valence-corrected chi connectivity index (χ2v) is 4.71. The van der Waals surface area contributed by atoms with Crippen LogP contribution in [0.2, 0.25) is 0 Å². The first-order valence-electron chi connectivity index (χ1n) is 6.73. The molecule has 1 aromatic heterocycles. The molecule has 7 nitrogen and oxygen atoms in total. The fourth-order valence-electron chi connectivity index (χ4n) is 1.91. The van der Waals surface area contributed by atoms with Gasteiger partial charge >= 0.3 is 5.88 Å². The molecule has 116 valence electrons. The predicted molar refractivity (Wildman–Crippen MR) is 82.0 cm³/mol. The summed E-state index contributed by atoms with van der Waals surface area (Å²) in [5.74, 6) is -0.967. The average molecular weight is 311 g/mol. The average Bonchev–Trinajstić information content (AvgIpc) is 3.02. The number of rotatable bonds is 5. The summed E-state index contributed by atoms with van der Waals surface area (Å²) in [4.78, 5) is 22.0. The van der Waals surface area contributed by atoms with Gasteiger partial charge in [0.1, 0.15) is 22.3 Å². The van der Waals surface area contributed by atoms with Gasteiger partial charge < -0.3 is 9.73 Å². The lowest BCUT2D eigenvalue weighted by Gasteiger charge is -2.13. The van der Waals surface area contributed by atoms with Crippen LogP contribution in [0.1, 0.15) is 24.3 Å². The van der Waals surface area contributed by atoms with Gasteiger partial charge in [0.25, 0.3) is 5.91 Å². The highest BCUT2D eigenvalue weighted by molar-refractivity contribution is 6.01. The van der Waals surface area contributed by atoms with Gasteiger partial charge in [-0.25, -0.2) is 0 Å². The first kappa shape index (κ1) is 16.0. The van der Waals surface area contributed by atoms with E-state index in [-0.39, 0.29) is 17.4 Å². The van der Waals surface area contributed by atoms with Crippen LogP contribution in [-0.4, -0.2) is 10.8 Å². The summed E-state index contributed by atoms with van der Waals surface area (Å²) in [6, 6.07) is 13.2. The quantitative estimate of drug-likeness (QED) is 0.395. The van der Waals surface area contributed by atoms with Gasteiger partial charge in [-0.15, -0.1) is 0 Å². The Kier molecular flexibility index (Phi) is 4.89. The summed E-state index contributed by atoms with van der Waals surface area (Å²) in [7, 11) is 0. The molecule has 2 rings (SSSR count). The van der Waals surface area contributed by atoms with Crippen LogP contribution < -0.4 is 5.32 Å². The maximum Gasteiger partial charge on any atom is 0.433 e. The minimum Gasteiger partial charge on any atom is -0.401 e. The molecule has 0 aliphatic heterocycles. The van der Waals surface area contributed by atoms with Crippen molar-refractivity contribution in [2.45, 2.75) is 13.0 Å². The number of nitrogens with zero attached hydrogens (tertiary/aromatic N) is 2. The van der Waals surface area contributed by atoms with E-state index in [1.54, 1.807) is 13.0 Å². The summed E-state index contributed by atoms with van der Waals surface area (Å²) in [5.41, 5.74) is 0.698. The number of furan rings is 1. The van der Waals surface area contributed by atoms with Crippen LogP contribution in [0.4, 0.5) is 5.88 Å². The predicted octanol–water partition coefficient (Wildman–Crippen LogP) is 2.97. The Labute approximate surface area is 132 Å². The number of benzene rings is 1. The fraction of sp³-hybridized carbons (Fsp3) is 0.125. The number of hydrogen-bond acceptors (Lipinski definition) is 5. The zero-order chi connectivity index (χ0) is 16.8. The van der Waals surface area contributed by atoms with Gasteiger partial charge in [-0.1, -0.05) is 30.3 Å². The van der Waals surface area contributed by atoms with Crippen molar-refractivity contribution in [2.24, 2.45) is 0 Å². The highest BCUT2D eigenvalue weighted by Gasteiger charge is 2.16. The number of carbonyl (C=O) groups excluding carboxylic acids is 1. The van der Waals surface area contributed by atoms with Crippen molar-refractivity contribution in [2.75, 3.05) is 0 Å². The van der Waals surface area contributed by atoms with E-state index in [2.05, 4.69) is 5.32 Å². The van der Waals surface area contributed by atoms with E-state index in [1.165, 1.54) is 12.1 Å². The Hall–Kier alpha value is -3.40. The molecule has 0 fully saturated rings. The molecule has 0 spiro atoms. The smallest absolute Gasteiger partial charge is 0.401 e. The van der Waals surface area contributed by atoms with E-state index in [9.17, 15) is 14.9 Å². The molecule has 1 N–H and O–H groups in total. The van der Waals surface area contributed by atoms with Gasteiger partial charge in [0.15, 0.2) is 0 Å². The van der Waals surface area contributed by atoms with E-state index < -0.39 is 16.7 Å². The zero-order valence-electron chi connectivity index (χ0n) is 12.2. The first-order valence-corrected chi connectivity index (χ1v) is 6.73. The van der Waals surface area contributed by atoms with Crippen molar-refractivity contribution in [1.82, 2.24) is 5.32 Å². The summed E-state index contributed by atoms with van der Waals surface area (Å²) in [5, 5.41) is 22.3. The lowest BCUT2D eigenvalue weighted by Crippen LogP contribution is -2.27. The van der Waals surface area contributed by atoms with Gasteiger partial charge in [-0.05, 0) is 18.6 Å². The molecule has 23 heavy (non-hydrogen) atoms. The van der Waals surface area contributed by atoms with Crippen molar-refractivity contribution in [1.29, 1.82) is 5.26 Å². The number of hydrogen-bond donors (Lipinski definition) is 1. The van der Waals surface area contributed by atoms with Crippen LogP contribution in [0.5, 0.6) is 0 Å². The molecule has 0 saturated carbocycles. The Morgan fingerprint density at radius 2 is 2.04 bits per heavy atom. The molecule has 0 bridgehead atoms. The molecule has 1 amide bonds. The molecule has 0 aliphatic rings. The molecule has 7 heteroatoms. The summed E-state index contributed by atoms with van der Waals surface area (Å²) in [6.07, 6.45) is 1.17. The van der Waals surface area contributed by atoms with Crippen LogP contribution in [0.3, 0.4) is 0 Å². The third kappa shape index (κ3) is 4.04. The second-order valence-electron chi connectivity index (χ2n) is 4.71. The Morgan fingerprint density at radius 1 is 1.35 bits per heavy atom. The van der Waals surface area contributed by atoms with Gasteiger partial charge in [0.2, 0.25) is 0 Å². The summed E-state index contributed by atoms with van der Waals surface area (Å²) in [6.45, 7) is 1.79. The van der Waals surface area contributed by atoms with Gasteiger partial charge in [0.05, 0.1) is 12.1 Å². The fourth-order valence-corrected chi connectivity index (χ4v) is 1.91. The molecule has 0 saturated heterocycles. The van der Waals surface area contributed by atoms with E-state index >= 15 is 0 Å². The molecular formula is C16H13N3O4. The number of amides is 1. The van der Waals surface area contributed by atoms with Crippen LogP contribution in [0.25, 0.3) is 6.08 Å². The maximum atomic E-state index is 12.1. The summed E-state index contributed by atoms with van der Waals surface area (Å²) < 4.78 is 4.91. The molecule has 0 aliphatic carbocycles. The highest BCUT2D eigenvalue weighted by atomic mass is 16.6. The molecular weight excluding hydrogens is 298 g/mol. The Balaban J connectivity index is 2.13. The maximum absolute atomic E-state index is 12.1. The second kappa shape index (κ2) is 7.04. The lowest BCUT2D eigenvalue weighted by atomic mass is 10.1. The van der Waals surface area contributed by atoms with Gasteiger partial charge in [-0.3, -0.25) is 14.9 Å². The van der Waals surface area contributed by atoms with Gasteiger partial charge in [-0.2, -0.15) is 5.26 Å². The standard InChI is InChI=1S/C16H13N3O4/c1-11(12-5-3-2-4-6-12)18-16(20)13(10-17)9-14-7-8-15(23-14)19(21)22/h2-9,11H,1H3,(H,18,20)/b13-9+/t11-/m1/s1. The molecule has 0 radical (unpaired) electrons. The van der Waals surface area contributed by atoms with Crippen molar-refractivity contribution >= 4 is 17.9 Å². The van der Waals surface area contributed by atoms with Crippen molar-refractivity contribution in [3.63, 3.8) is 0 Å². The van der Waals surface area contributed by atoms with Crippen LogP contribution >= 0.6 is 0 Å². The molecule has 1 aromatic carbocycles. The highest BCUT2D eigenvalue weighted by Crippen LogP contribution is 2.18. The minimum absolute atomic E-state index is 0.0655. The SMILES string of the molecule is C[C@@H](NC(=O)/C(C#N)=C/c1ccc([N+](=O)[O-])o1)c1ccccc1. The minimum atomic E-state index is -0.694. The topological polar surface area (TPSA) is 109 Å². The molecule has 0 unspecified atom stereocenters. The van der Waals surface area contributed by atoms with E-state index in [0.29, 0.717) is 0 Å². The van der Waals surface area contributed by atoms with Gasteiger partial charge in [0, 0.05) is 6.08 Å². The zero-order valence-corrected chi connectivity index (χ0v) is 12.2. The molecule has 1 atom stereocenters. The third-order valence-corrected chi connectivity index (χ3v) is 3.09. The van der Waals surface area contributed by atoms with E-state index in [1.807, 2.05) is 30.3 Å². The van der Waals surface area contributed by atoms with E-state index in [4.69, 9.17) is 9.68 Å². The first-order chi connectivity index (χ1) is 11.0. The van der Waals surface area contributed by atoms with Crippen molar-refractivity contribution < 1.29 is 14.1 Å². The van der Waals surface area contributed by atoms with Crippen molar-refractivity contribution in [3.8, 4) is 6.07 Å². The van der Waals surface area contributed by atoms with Crippen LogP contribution in [0.15, 0.2) is 52.5 Å². The third-order valence-electron chi connectivity index (χ3n) is 3.09. The lowest BCUT2D eigenvalue weighted by molar-refractivity contribution is -0.402. The number of nitro groups is 1. The largest absolute Gasteiger partial charge is 0.433 e. The number of nitrogens with one attached hydrogen (secondary N) is 1. The number of carbonyl (C=O) groups is 1. The van der Waals surface area contributed by atoms with Crippen LogP contribution in [-0.2, 0) is 4.79 Å². The van der Waals surface area contributed by atoms with E-state index in [0.717, 1.165) is 11.6 Å². The molecule has 2 aromatic rings. The Morgan fingerprint density at radius 3 is 2.61 bits per heavy atom. The number of nitriles is 1. The monoisotopic (exact) mass is 311 g/mol. The van der Waals surface area contributed by atoms with Crippen LogP contribution in [0, 0.1) is 21.4 Å². The normalized spacial score (nSPS) is 12.3. The molecule has 1 heterocycles. The summed E-state index contributed by atoms with van der Waals surface area (Å²) >= 11 is 0. The Bertz CT molecular complexity index is 787.